The summed E-state index contributed by atoms with van der Waals surface area (Å²) in [6.07, 6.45) is 3.29. The van der Waals surface area contributed by atoms with E-state index in [2.05, 4.69) is 37.2 Å². The molecular weight excluding hydrogens is 266 g/mol. The first-order valence-electron chi connectivity index (χ1n) is 5.47. The highest BCUT2D eigenvalue weighted by Gasteiger charge is 2.27. The minimum absolute atomic E-state index is 0.615. The molecule has 1 aliphatic carbocycles. The van der Waals surface area contributed by atoms with E-state index in [1.807, 2.05) is 18.2 Å². The van der Waals surface area contributed by atoms with E-state index in [4.69, 9.17) is 0 Å². The van der Waals surface area contributed by atoms with Crippen molar-refractivity contribution in [2.45, 2.75) is 25.2 Å². The largest absolute Gasteiger partial charge is 0.263 e. The fraction of sp³-hybridized carbons (Fsp3) is 0.333. The average Bonchev–Trinajstić information content (AvgIpc) is 3.03. The van der Waals surface area contributed by atoms with Gasteiger partial charge in [0.05, 0.1) is 0 Å². The fourth-order valence-corrected chi connectivity index (χ4v) is 2.16. The van der Waals surface area contributed by atoms with Crippen LogP contribution in [0.2, 0.25) is 0 Å². The Morgan fingerprint density at radius 3 is 2.88 bits per heavy atom. The van der Waals surface area contributed by atoms with Crippen LogP contribution < -0.4 is 0 Å². The van der Waals surface area contributed by atoms with Crippen molar-refractivity contribution in [1.29, 1.82) is 0 Å². The van der Waals surface area contributed by atoms with Gasteiger partial charge in [-0.15, -0.1) is 0 Å². The molecule has 0 radical (unpaired) electrons. The van der Waals surface area contributed by atoms with Crippen LogP contribution >= 0.6 is 15.9 Å². The van der Waals surface area contributed by atoms with Crippen molar-refractivity contribution in [3.05, 3.63) is 46.0 Å². The van der Waals surface area contributed by atoms with Gasteiger partial charge in [0.15, 0.2) is 5.82 Å². The van der Waals surface area contributed by atoms with Gasteiger partial charge in [-0.1, -0.05) is 34.1 Å². The lowest BCUT2D eigenvalue weighted by atomic mass is 10.1. The lowest BCUT2D eigenvalue weighted by Gasteiger charge is -2.00. The summed E-state index contributed by atoms with van der Waals surface area (Å²) in [5.74, 6) is 2.56. The first-order chi connectivity index (χ1) is 7.83. The lowest BCUT2D eigenvalue weighted by Crippen LogP contribution is -1.92. The van der Waals surface area contributed by atoms with E-state index in [9.17, 15) is 0 Å². The van der Waals surface area contributed by atoms with Crippen LogP contribution in [0.5, 0.6) is 0 Å². The summed E-state index contributed by atoms with van der Waals surface area (Å²) >= 11 is 3.54. The van der Waals surface area contributed by atoms with E-state index in [1.165, 1.54) is 18.4 Å². The van der Waals surface area contributed by atoms with Gasteiger partial charge in [-0.3, -0.25) is 5.10 Å². The number of H-pyrrole nitrogens is 1. The van der Waals surface area contributed by atoms with Gasteiger partial charge < -0.3 is 0 Å². The molecule has 1 fully saturated rings. The summed E-state index contributed by atoms with van der Waals surface area (Å²) in [6, 6.07) is 8.21. The van der Waals surface area contributed by atoms with Crippen LogP contribution in [0.1, 0.15) is 36.0 Å². The average molecular weight is 278 g/mol. The smallest absolute Gasteiger partial charge is 0.153 e. The second-order valence-electron chi connectivity index (χ2n) is 4.18. The van der Waals surface area contributed by atoms with Crippen molar-refractivity contribution in [3.63, 3.8) is 0 Å². The van der Waals surface area contributed by atoms with Crippen LogP contribution in [0.3, 0.4) is 0 Å². The van der Waals surface area contributed by atoms with Crippen molar-refractivity contribution in [3.8, 4) is 0 Å². The molecule has 1 N–H and O–H groups in total. The minimum Gasteiger partial charge on any atom is -0.263 e. The lowest BCUT2D eigenvalue weighted by molar-refractivity contribution is 0.932. The van der Waals surface area contributed by atoms with Crippen molar-refractivity contribution < 1.29 is 0 Å². The Kier molecular flexibility index (Phi) is 2.52. The first-order valence-corrected chi connectivity index (χ1v) is 6.27. The van der Waals surface area contributed by atoms with Gasteiger partial charge in [0.1, 0.15) is 5.82 Å². The van der Waals surface area contributed by atoms with Crippen LogP contribution in [0.15, 0.2) is 28.7 Å². The Labute approximate surface area is 102 Å². The number of aromatic amines is 1. The Morgan fingerprint density at radius 1 is 1.31 bits per heavy atom. The van der Waals surface area contributed by atoms with Crippen LogP contribution in [0, 0.1) is 0 Å². The molecule has 0 amide bonds. The maximum atomic E-state index is 4.52. The zero-order chi connectivity index (χ0) is 11.0. The third-order valence-corrected chi connectivity index (χ3v) is 3.58. The molecule has 0 bridgehead atoms. The highest BCUT2D eigenvalue weighted by Crippen LogP contribution is 2.37. The molecular formula is C12H12BrN3. The number of rotatable bonds is 3. The molecule has 2 aromatic rings. The Bertz CT molecular complexity index is 502. The third kappa shape index (κ3) is 2.02. The summed E-state index contributed by atoms with van der Waals surface area (Å²) in [7, 11) is 0. The maximum absolute atomic E-state index is 4.52. The molecule has 0 atom stereocenters. The maximum Gasteiger partial charge on any atom is 0.153 e. The Balaban J connectivity index is 1.80. The number of hydrogen-bond acceptors (Lipinski definition) is 2. The van der Waals surface area contributed by atoms with E-state index in [0.29, 0.717) is 5.92 Å². The number of hydrogen-bond donors (Lipinski definition) is 1. The monoisotopic (exact) mass is 277 g/mol. The second kappa shape index (κ2) is 4.01. The Hall–Kier alpha value is -1.16. The van der Waals surface area contributed by atoms with Crippen molar-refractivity contribution in [1.82, 2.24) is 15.2 Å². The number of benzene rings is 1. The van der Waals surface area contributed by atoms with Crippen LogP contribution in [-0.4, -0.2) is 15.2 Å². The molecule has 1 aliphatic rings. The quantitative estimate of drug-likeness (QED) is 0.937. The zero-order valence-corrected chi connectivity index (χ0v) is 10.4. The summed E-state index contributed by atoms with van der Waals surface area (Å²) < 4.78 is 1.12. The molecule has 1 saturated carbocycles. The number of aromatic nitrogens is 3. The van der Waals surface area contributed by atoms with Gasteiger partial charge in [-0.05, 0) is 24.5 Å². The number of nitrogens with zero attached hydrogens (tertiary/aromatic N) is 2. The van der Waals surface area contributed by atoms with Gasteiger partial charge >= 0.3 is 0 Å². The van der Waals surface area contributed by atoms with Gasteiger partial charge in [0, 0.05) is 16.8 Å². The van der Waals surface area contributed by atoms with Crippen molar-refractivity contribution in [2.24, 2.45) is 0 Å². The van der Waals surface area contributed by atoms with E-state index < -0.39 is 0 Å². The summed E-state index contributed by atoms with van der Waals surface area (Å²) in [5.41, 5.74) is 1.24. The standard InChI is InChI=1S/C12H12BrN3/c13-10-4-2-1-3-9(10)7-11-14-12(16-15-11)8-5-6-8/h1-4,8H,5-7H2,(H,14,15,16). The molecule has 4 heteroatoms. The van der Waals surface area contributed by atoms with Gasteiger partial charge in [-0.25, -0.2) is 4.98 Å². The molecule has 1 heterocycles. The molecule has 1 aromatic heterocycles. The summed E-state index contributed by atoms with van der Waals surface area (Å²) in [5, 5.41) is 7.27. The highest BCUT2D eigenvalue weighted by molar-refractivity contribution is 9.10. The van der Waals surface area contributed by atoms with Crippen LogP contribution in [0.25, 0.3) is 0 Å². The van der Waals surface area contributed by atoms with Crippen molar-refractivity contribution in [2.75, 3.05) is 0 Å². The topological polar surface area (TPSA) is 41.6 Å². The summed E-state index contributed by atoms with van der Waals surface area (Å²) in [6.45, 7) is 0. The molecule has 0 spiro atoms. The molecule has 3 nitrogen and oxygen atoms in total. The normalized spacial score (nSPS) is 15.3. The fourth-order valence-electron chi connectivity index (χ4n) is 1.74. The number of nitrogens with one attached hydrogen (secondary N) is 1. The summed E-state index contributed by atoms with van der Waals surface area (Å²) in [4.78, 5) is 4.52. The molecule has 16 heavy (non-hydrogen) atoms. The molecule has 82 valence electrons. The molecule has 0 saturated heterocycles. The van der Waals surface area contributed by atoms with E-state index in [0.717, 1.165) is 22.5 Å². The highest BCUT2D eigenvalue weighted by atomic mass is 79.9. The zero-order valence-electron chi connectivity index (χ0n) is 8.78. The van der Waals surface area contributed by atoms with Gasteiger partial charge in [0.25, 0.3) is 0 Å². The van der Waals surface area contributed by atoms with Gasteiger partial charge in [0.2, 0.25) is 0 Å². The van der Waals surface area contributed by atoms with E-state index >= 15 is 0 Å². The first kappa shape index (κ1) is 10.0. The predicted molar refractivity (Wildman–Crippen MR) is 65.3 cm³/mol. The second-order valence-corrected chi connectivity index (χ2v) is 5.04. The van der Waals surface area contributed by atoms with E-state index in [-0.39, 0.29) is 0 Å². The minimum atomic E-state index is 0.615. The third-order valence-electron chi connectivity index (χ3n) is 2.81. The van der Waals surface area contributed by atoms with Crippen molar-refractivity contribution >= 4 is 15.9 Å². The van der Waals surface area contributed by atoms with Crippen LogP contribution in [0.4, 0.5) is 0 Å². The SMILES string of the molecule is Brc1ccccc1Cc1nc(C2CC2)n[nH]1. The number of halogens is 1. The molecule has 3 rings (SSSR count). The van der Waals surface area contributed by atoms with E-state index in [1.54, 1.807) is 0 Å². The Morgan fingerprint density at radius 2 is 2.12 bits per heavy atom. The molecule has 1 aromatic carbocycles. The van der Waals surface area contributed by atoms with Crippen LogP contribution in [-0.2, 0) is 6.42 Å². The predicted octanol–water partition coefficient (Wildman–Crippen LogP) is 3.04. The molecule has 0 aliphatic heterocycles. The van der Waals surface area contributed by atoms with Gasteiger partial charge in [-0.2, -0.15) is 5.10 Å². The molecule has 0 unspecified atom stereocenters.